The van der Waals surface area contributed by atoms with Gasteiger partial charge >= 0.3 is 0 Å². The van der Waals surface area contributed by atoms with Crippen LogP contribution in [0.25, 0.3) is 0 Å². The molecule has 3 aliphatic rings. The lowest BCUT2D eigenvalue weighted by Crippen LogP contribution is -2.35. The minimum Gasteiger partial charge on any atom is -0.352 e. The van der Waals surface area contributed by atoms with E-state index in [1.807, 2.05) is 12.2 Å². The molecule has 1 N–H and O–H groups in total. The third kappa shape index (κ3) is 4.63. The minimum atomic E-state index is -3.48. The third-order valence-electron chi connectivity index (χ3n) is 6.53. The van der Waals surface area contributed by atoms with Gasteiger partial charge in [-0.1, -0.05) is 30.7 Å². The molecule has 2 aliphatic heterocycles. The summed E-state index contributed by atoms with van der Waals surface area (Å²) in [4.78, 5) is 38.7. The van der Waals surface area contributed by atoms with Gasteiger partial charge in [0.1, 0.15) is 0 Å². The largest absolute Gasteiger partial charge is 0.352 e. The standard InChI is InChI=1S/C23H29N3O5S/c27-21(12-15-26-22(28)19-6-2-3-7-20(19)23(26)29)24-16-17-8-10-18(11-9-17)32(30,31)25-13-4-1-5-14-25/h2-3,8-11,19-20H,1,4-7,12-16H2,(H,24,27)/t19-,20+. The van der Waals surface area contributed by atoms with Crippen LogP contribution in [-0.2, 0) is 31.0 Å². The Balaban J connectivity index is 1.26. The number of likely N-dealkylation sites (tertiary alicyclic amines) is 1. The highest BCUT2D eigenvalue weighted by molar-refractivity contribution is 7.89. The maximum absolute atomic E-state index is 12.7. The Labute approximate surface area is 188 Å². The lowest BCUT2D eigenvalue weighted by atomic mass is 9.85. The second-order valence-corrected chi connectivity index (χ2v) is 10.6. The average molecular weight is 460 g/mol. The van der Waals surface area contributed by atoms with E-state index in [9.17, 15) is 22.8 Å². The smallest absolute Gasteiger partial charge is 0.243 e. The highest BCUT2D eigenvalue weighted by atomic mass is 32.2. The number of rotatable bonds is 7. The van der Waals surface area contributed by atoms with Crippen LogP contribution in [0.2, 0.25) is 0 Å². The number of piperidine rings is 1. The molecule has 4 rings (SSSR count). The van der Waals surface area contributed by atoms with E-state index >= 15 is 0 Å². The maximum Gasteiger partial charge on any atom is 0.243 e. The molecule has 0 unspecified atom stereocenters. The summed E-state index contributed by atoms with van der Waals surface area (Å²) in [5.41, 5.74) is 0.779. The summed E-state index contributed by atoms with van der Waals surface area (Å²) in [6.45, 7) is 1.45. The van der Waals surface area contributed by atoms with Crippen LogP contribution in [0.15, 0.2) is 41.3 Å². The Morgan fingerprint density at radius 3 is 2.12 bits per heavy atom. The molecule has 8 nitrogen and oxygen atoms in total. The molecule has 2 saturated heterocycles. The monoisotopic (exact) mass is 459 g/mol. The molecular weight excluding hydrogens is 430 g/mol. The number of carbonyl (C=O) groups is 3. The number of allylic oxidation sites excluding steroid dienone is 2. The van der Waals surface area contributed by atoms with Crippen LogP contribution >= 0.6 is 0 Å². The molecule has 1 aliphatic carbocycles. The number of carbonyl (C=O) groups excluding carboxylic acids is 3. The zero-order valence-corrected chi connectivity index (χ0v) is 18.9. The van der Waals surface area contributed by atoms with Gasteiger partial charge in [0.15, 0.2) is 0 Å². The van der Waals surface area contributed by atoms with Crippen LogP contribution in [0.3, 0.4) is 0 Å². The molecule has 0 bridgehead atoms. The Bertz CT molecular complexity index is 987. The highest BCUT2D eigenvalue weighted by Gasteiger charge is 2.46. The summed E-state index contributed by atoms with van der Waals surface area (Å²) in [5, 5.41) is 2.78. The molecule has 32 heavy (non-hydrogen) atoms. The van der Waals surface area contributed by atoms with Gasteiger partial charge in [0.2, 0.25) is 27.7 Å². The second kappa shape index (κ2) is 9.54. The number of hydrogen-bond acceptors (Lipinski definition) is 5. The van der Waals surface area contributed by atoms with Crippen molar-refractivity contribution in [2.75, 3.05) is 19.6 Å². The number of imide groups is 1. The lowest BCUT2D eigenvalue weighted by molar-refractivity contribution is -0.140. The molecule has 1 aromatic carbocycles. The van der Waals surface area contributed by atoms with Gasteiger partial charge in [-0.05, 0) is 43.4 Å². The van der Waals surface area contributed by atoms with Crippen molar-refractivity contribution in [3.8, 4) is 0 Å². The van der Waals surface area contributed by atoms with Crippen molar-refractivity contribution >= 4 is 27.7 Å². The van der Waals surface area contributed by atoms with E-state index < -0.39 is 10.0 Å². The first kappa shape index (κ1) is 22.7. The Morgan fingerprint density at radius 2 is 1.53 bits per heavy atom. The molecule has 172 valence electrons. The van der Waals surface area contributed by atoms with Gasteiger partial charge in [0, 0.05) is 32.6 Å². The summed E-state index contributed by atoms with van der Waals surface area (Å²) in [6.07, 6.45) is 7.92. The van der Waals surface area contributed by atoms with Crippen LogP contribution in [0, 0.1) is 11.8 Å². The number of nitrogens with zero attached hydrogens (tertiary/aromatic N) is 2. The molecular formula is C23H29N3O5S. The predicted molar refractivity (Wildman–Crippen MR) is 118 cm³/mol. The van der Waals surface area contributed by atoms with E-state index in [-0.39, 0.29) is 54.0 Å². The number of nitrogens with one attached hydrogen (secondary N) is 1. The van der Waals surface area contributed by atoms with Gasteiger partial charge in [-0.25, -0.2) is 8.42 Å². The quantitative estimate of drug-likeness (QED) is 0.495. The summed E-state index contributed by atoms with van der Waals surface area (Å²) in [6, 6.07) is 6.54. The fourth-order valence-electron chi connectivity index (χ4n) is 4.63. The summed E-state index contributed by atoms with van der Waals surface area (Å²) in [7, 11) is -3.48. The lowest BCUT2D eigenvalue weighted by Gasteiger charge is -2.25. The molecule has 0 saturated carbocycles. The molecule has 2 fully saturated rings. The van der Waals surface area contributed by atoms with E-state index in [1.165, 1.54) is 9.21 Å². The molecule has 9 heteroatoms. The number of fused-ring (bicyclic) bond motifs is 1. The van der Waals surface area contributed by atoms with Crippen LogP contribution in [0.4, 0.5) is 0 Å². The van der Waals surface area contributed by atoms with Crippen LogP contribution in [0.5, 0.6) is 0 Å². The number of hydrogen-bond donors (Lipinski definition) is 1. The Hall–Kier alpha value is -2.52. The molecule has 1 aromatic rings. The number of benzene rings is 1. The van der Waals surface area contributed by atoms with Gasteiger partial charge in [0.25, 0.3) is 0 Å². The topological polar surface area (TPSA) is 104 Å². The Kier molecular flexibility index (Phi) is 6.76. The van der Waals surface area contributed by atoms with Crippen molar-refractivity contribution in [1.82, 2.24) is 14.5 Å². The number of amides is 3. The second-order valence-electron chi connectivity index (χ2n) is 8.62. The van der Waals surface area contributed by atoms with Crippen LogP contribution in [-0.4, -0.2) is 55.0 Å². The molecule has 2 heterocycles. The molecule has 0 spiro atoms. The summed E-state index contributed by atoms with van der Waals surface area (Å²) < 4.78 is 27.0. The van der Waals surface area contributed by atoms with Gasteiger partial charge < -0.3 is 5.32 Å². The first-order valence-corrected chi connectivity index (χ1v) is 12.7. The van der Waals surface area contributed by atoms with E-state index in [4.69, 9.17) is 0 Å². The molecule has 3 amide bonds. The summed E-state index contributed by atoms with van der Waals surface area (Å²) in [5.74, 6) is -1.18. The molecule has 2 atom stereocenters. The van der Waals surface area contributed by atoms with Gasteiger partial charge in [0.05, 0.1) is 16.7 Å². The minimum absolute atomic E-state index is 0.0474. The van der Waals surface area contributed by atoms with Crippen LogP contribution in [0.1, 0.15) is 44.1 Å². The van der Waals surface area contributed by atoms with Crippen molar-refractivity contribution in [2.45, 2.75) is 50.0 Å². The van der Waals surface area contributed by atoms with E-state index in [0.29, 0.717) is 25.9 Å². The van der Waals surface area contributed by atoms with Crippen LogP contribution < -0.4 is 5.32 Å². The van der Waals surface area contributed by atoms with Crippen molar-refractivity contribution in [1.29, 1.82) is 0 Å². The predicted octanol–water partition coefficient (Wildman–Crippen LogP) is 1.82. The highest BCUT2D eigenvalue weighted by Crippen LogP contribution is 2.35. The van der Waals surface area contributed by atoms with Gasteiger partial charge in [-0.15, -0.1) is 0 Å². The van der Waals surface area contributed by atoms with Crippen molar-refractivity contribution in [3.05, 3.63) is 42.0 Å². The SMILES string of the molecule is O=C(CCN1C(=O)[C@H]2CC=CC[C@H]2C1=O)NCc1ccc(S(=O)(=O)N2CCCCC2)cc1. The number of sulfonamides is 1. The fraction of sp³-hybridized carbons (Fsp3) is 0.522. The maximum atomic E-state index is 12.7. The third-order valence-corrected chi connectivity index (χ3v) is 8.44. The van der Waals surface area contributed by atoms with E-state index in [1.54, 1.807) is 24.3 Å². The normalized spacial score (nSPS) is 23.9. The zero-order valence-electron chi connectivity index (χ0n) is 18.0. The molecule has 0 radical (unpaired) electrons. The molecule has 0 aromatic heterocycles. The van der Waals surface area contributed by atoms with Crippen molar-refractivity contribution in [3.63, 3.8) is 0 Å². The zero-order chi connectivity index (χ0) is 22.7. The van der Waals surface area contributed by atoms with E-state index in [0.717, 1.165) is 24.8 Å². The van der Waals surface area contributed by atoms with Gasteiger partial charge in [-0.2, -0.15) is 4.31 Å². The van der Waals surface area contributed by atoms with Gasteiger partial charge in [-0.3, -0.25) is 19.3 Å². The van der Waals surface area contributed by atoms with Crippen molar-refractivity contribution < 1.29 is 22.8 Å². The average Bonchev–Trinajstić information content (AvgIpc) is 3.07. The summed E-state index contributed by atoms with van der Waals surface area (Å²) >= 11 is 0. The first-order valence-electron chi connectivity index (χ1n) is 11.2. The van der Waals surface area contributed by atoms with E-state index in [2.05, 4.69) is 5.32 Å². The van der Waals surface area contributed by atoms with Crippen molar-refractivity contribution in [2.24, 2.45) is 11.8 Å². The Morgan fingerprint density at radius 1 is 0.938 bits per heavy atom. The first-order chi connectivity index (χ1) is 15.4. The fourth-order valence-corrected chi connectivity index (χ4v) is 6.14.